The molecule has 0 fully saturated rings. The van der Waals surface area contributed by atoms with Crippen LogP contribution in [0.15, 0.2) is 0 Å². The highest BCUT2D eigenvalue weighted by atomic mass is 16.3. The first kappa shape index (κ1) is 11.4. The highest BCUT2D eigenvalue weighted by molar-refractivity contribution is 5.76. The van der Waals surface area contributed by atoms with E-state index in [1.807, 2.05) is 0 Å². The lowest BCUT2D eigenvalue weighted by atomic mass is 10.2. The van der Waals surface area contributed by atoms with Crippen LogP contribution in [0.2, 0.25) is 0 Å². The molecule has 12 heavy (non-hydrogen) atoms. The molecule has 1 amide bonds. The lowest BCUT2D eigenvalue weighted by Crippen LogP contribution is -2.31. The Kier molecular flexibility index (Phi) is 5.66. The SMILES string of the molecule is CC(N)CC(=O)NCCC(C)O. The number of rotatable bonds is 5. The predicted molar refractivity (Wildman–Crippen MR) is 47.6 cm³/mol. The molecule has 0 saturated carbocycles. The van der Waals surface area contributed by atoms with Gasteiger partial charge in [-0.05, 0) is 20.3 Å². The summed E-state index contributed by atoms with van der Waals surface area (Å²) < 4.78 is 0. The van der Waals surface area contributed by atoms with Gasteiger partial charge >= 0.3 is 0 Å². The van der Waals surface area contributed by atoms with Crippen molar-refractivity contribution in [2.45, 2.75) is 38.8 Å². The zero-order chi connectivity index (χ0) is 9.56. The number of aliphatic hydroxyl groups is 1. The van der Waals surface area contributed by atoms with Crippen LogP contribution in [0.3, 0.4) is 0 Å². The summed E-state index contributed by atoms with van der Waals surface area (Å²) in [5, 5.41) is 11.5. The minimum absolute atomic E-state index is 0.0503. The maximum Gasteiger partial charge on any atom is 0.221 e. The predicted octanol–water partition coefficient (Wildman–Crippen LogP) is -0.389. The van der Waals surface area contributed by atoms with Gasteiger partial charge in [-0.2, -0.15) is 0 Å². The van der Waals surface area contributed by atoms with Crippen molar-refractivity contribution in [3.05, 3.63) is 0 Å². The normalized spacial score (nSPS) is 15.3. The second kappa shape index (κ2) is 5.97. The van der Waals surface area contributed by atoms with Gasteiger partial charge in [-0.3, -0.25) is 4.79 Å². The third-order valence-corrected chi connectivity index (χ3v) is 1.39. The Balaban J connectivity index is 3.32. The zero-order valence-electron chi connectivity index (χ0n) is 7.71. The van der Waals surface area contributed by atoms with Crippen LogP contribution in [0, 0.1) is 0 Å². The van der Waals surface area contributed by atoms with E-state index in [1.54, 1.807) is 13.8 Å². The molecule has 0 bridgehead atoms. The number of nitrogens with one attached hydrogen (secondary N) is 1. The molecule has 0 aliphatic rings. The van der Waals surface area contributed by atoms with Crippen molar-refractivity contribution in [1.82, 2.24) is 5.32 Å². The van der Waals surface area contributed by atoms with Crippen LogP contribution in [-0.2, 0) is 4.79 Å². The Labute approximate surface area is 73.1 Å². The minimum atomic E-state index is -0.361. The van der Waals surface area contributed by atoms with Crippen molar-refractivity contribution < 1.29 is 9.90 Å². The van der Waals surface area contributed by atoms with E-state index >= 15 is 0 Å². The summed E-state index contributed by atoms with van der Waals surface area (Å²) in [7, 11) is 0. The van der Waals surface area contributed by atoms with E-state index in [1.165, 1.54) is 0 Å². The minimum Gasteiger partial charge on any atom is -0.393 e. The van der Waals surface area contributed by atoms with E-state index in [0.717, 1.165) is 0 Å². The molecule has 0 spiro atoms. The lowest BCUT2D eigenvalue weighted by Gasteiger charge is -2.07. The van der Waals surface area contributed by atoms with E-state index in [4.69, 9.17) is 10.8 Å². The van der Waals surface area contributed by atoms with E-state index in [9.17, 15) is 4.79 Å². The quantitative estimate of drug-likeness (QED) is 0.531. The maximum atomic E-state index is 11.0. The number of nitrogens with two attached hydrogens (primary N) is 1. The van der Waals surface area contributed by atoms with Crippen LogP contribution in [0.4, 0.5) is 0 Å². The van der Waals surface area contributed by atoms with Gasteiger partial charge in [0.05, 0.1) is 6.10 Å². The first-order valence-electron chi connectivity index (χ1n) is 4.22. The molecule has 4 nitrogen and oxygen atoms in total. The van der Waals surface area contributed by atoms with Crippen molar-refractivity contribution in [2.24, 2.45) is 5.73 Å². The second-order valence-electron chi connectivity index (χ2n) is 3.17. The molecular formula is C8H18N2O2. The summed E-state index contributed by atoms with van der Waals surface area (Å²) in [4.78, 5) is 11.0. The van der Waals surface area contributed by atoms with Crippen molar-refractivity contribution in [3.8, 4) is 0 Å². The van der Waals surface area contributed by atoms with Crippen molar-refractivity contribution in [1.29, 1.82) is 0 Å². The van der Waals surface area contributed by atoms with Gasteiger partial charge in [0, 0.05) is 19.0 Å². The summed E-state index contributed by atoms with van der Waals surface area (Å²) in [5.41, 5.74) is 5.41. The number of amides is 1. The molecule has 0 aromatic heterocycles. The fourth-order valence-electron chi connectivity index (χ4n) is 0.785. The molecule has 0 rings (SSSR count). The summed E-state index contributed by atoms with van der Waals surface area (Å²) in [6, 6.07) is -0.100. The molecule has 0 aliphatic carbocycles. The second-order valence-corrected chi connectivity index (χ2v) is 3.17. The summed E-state index contributed by atoms with van der Waals surface area (Å²) in [6.45, 7) is 4.00. The molecule has 0 aromatic carbocycles. The van der Waals surface area contributed by atoms with Crippen LogP contribution in [-0.4, -0.2) is 29.7 Å². The van der Waals surface area contributed by atoms with Gasteiger partial charge in [-0.25, -0.2) is 0 Å². The zero-order valence-corrected chi connectivity index (χ0v) is 7.71. The van der Waals surface area contributed by atoms with Crippen LogP contribution in [0.1, 0.15) is 26.7 Å². The first-order chi connectivity index (χ1) is 5.52. The van der Waals surface area contributed by atoms with E-state index in [0.29, 0.717) is 19.4 Å². The highest BCUT2D eigenvalue weighted by Crippen LogP contribution is 1.88. The van der Waals surface area contributed by atoms with Gasteiger partial charge < -0.3 is 16.2 Å². The fraction of sp³-hybridized carbons (Fsp3) is 0.875. The van der Waals surface area contributed by atoms with Gasteiger partial charge in [0.25, 0.3) is 0 Å². The van der Waals surface area contributed by atoms with E-state index in [2.05, 4.69) is 5.32 Å². The Morgan fingerprint density at radius 1 is 1.58 bits per heavy atom. The average Bonchev–Trinajstić information content (AvgIpc) is 1.84. The van der Waals surface area contributed by atoms with Gasteiger partial charge in [0.2, 0.25) is 5.91 Å². The molecule has 0 heterocycles. The summed E-state index contributed by atoms with van der Waals surface area (Å²) >= 11 is 0. The van der Waals surface area contributed by atoms with Gasteiger partial charge in [0.15, 0.2) is 0 Å². The number of carbonyl (C=O) groups is 1. The molecule has 4 N–H and O–H groups in total. The number of hydrogen-bond acceptors (Lipinski definition) is 3. The fourth-order valence-corrected chi connectivity index (χ4v) is 0.785. The Bertz CT molecular complexity index is 135. The van der Waals surface area contributed by atoms with E-state index < -0.39 is 0 Å². The molecule has 0 aromatic rings. The third-order valence-electron chi connectivity index (χ3n) is 1.39. The molecule has 0 radical (unpaired) electrons. The highest BCUT2D eigenvalue weighted by Gasteiger charge is 2.04. The molecule has 2 unspecified atom stereocenters. The van der Waals surface area contributed by atoms with Gasteiger partial charge in [0.1, 0.15) is 0 Å². The van der Waals surface area contributed by atoms with Gasteiger partial charge in [-0.1, -0.05) is 0 Å². The molecule has 2 atom stereocenters. The monoisotopic (exact) mass is 174 g/mol. The third kappa shape index (κ3) is 7.50. The Morgan fingerprint density at radius 2 is 2.17 bits per heavy atom. The maximum absolute atomic E-state index is 11.0. The van der Waals surface area contributed by atoms with Crippen molar-refractivity contribution in [3.63, 3.8) is 0 Å². The molecule has 0 aliphatic heterocycles. The Hall–Kier alpha value is -0.610. The van der Waals surface area contributed by atoms with Crippen LogP contribution in [0.5, 0.6) is 0 Å². The van der Waals surface area contributed by atoms with Crippen molar-refractivity contribution >= 4 is 5.91 Å². The van der Waals surface area contributed by atoms with Crippen LogP contribution in [0.25, 0.3) is 0 Å². The van der Waals surface area contributed by atoms with E-state index in [-0.39, 0.29) is 18.1 Å². The average molecular weight is 174 g/mol. The molecule has 72 valence electrons. The number of carbonyl (C=O) groups excluding carboxylic acids is 1. The number of hydrogen-bond donors (Lipinski definition) is 3. The van der Waals surface area contributed by atoms with Gasteiger partial charge in [-0.15, -0.1) is 0 Å². The lowest BCUT2D eigenvalue weighted by molar-refractivity contribution is -0.121. The standard InChI is InChI=1S/C8H18N2O2/c1-6(9)5-8(12)10-4-3-7(2)11/h6-7,11H,3-5,9H2,1-2H3,(H,10,12). The summed E-state index contributed by atoms with van der Waals surface area (Å²) in [6.07, 6.45) is 0.574. The Morgan fingerprint density at radius 3 is 2.58 bits per heavy atom. The topological polar surface area (TPSA) is 75.4 Å². The smallest absolute Gasteiger partial charge is 0.221 e. The summed E-state index contributed by atoms with van der Waals surface area (Å²) in [5.74, 6) is -0.0503. The first-order valence-corrected chi connectivity index (χ1v) is 4.22. The number of aliphatic hydroxyl groups excluding tert-OH is 1. The molecule has 0 saturated heterocycles. The molecule has 4 heteroatoms. The van der Waals surface area contributed by atoms with Crippen LogP contribution < -0.4 is 11.1 Å². The molecular weight excluding hydrogens is 156 g/mol. The largest absolute Gasteiger partial charge is 0.393 e. The van der Waals surface area contributed by atoms with Crippen molar-refractivity contribution in [2.75, 3.05) is 6.54 Å². The van der Waals surface area contributed by atoms with Crippen LogP contribution >= 0.6 is 0 Å².